The van der Waals surface area contributed by atoms with Crippen LogP contribution in [0.5, 0.6) is 0 Å². The molecule has 0 heterocycles. The van der Waals surface area contributed by atoms with Crippen molar-refractivity contribution in [1.29, 1.82) is 0 Å². The summed E-state index contributed by atoms with van der Waals surface area (Å²) in [7, 11) is -3.86. The molecule has 21 heavy (non-hydrogen) atoms. The molecule has 1 saturated carbocycles. The van der Waals surface area contributed by atoms with E-state index in [1.54, 1.807) is 0 Å². The van der Waals surface area contributed by atoms with Gasteiger partial charge in [0.05, 0.1) is 0 Å². The smallest absolute Gasteiger partial charge is 0.243 e. The second kappa shape index (κ2) is 6.73. The molecule has 4 nitrogen and oxygen atoms in total. The predicted octanol–water partition coefficient (Wildman–Crippen LogP) is 2.76. The zero-order valence-electron chi connectivity index (χ0n) is 11.9. The Balaban J connectivity index is 2.17. The fraction of sp³-hybridized carbons (Fsp3) is 0.571. The van der Waals surface area contributed by atoms with Crippen LogP contribution >= 0.6 is 15.9 Å². The largest absolute Gasteiger partial charge is 0.326 e. The first-order chi connectivity index (χ1) is 9.83. The summed E-state index contributed by atoms with van der Waals surface area (Å²) in [5.74, 6) is 0.193. The van der Waals surface area contributed by atoms with Crippen LogP contribution in [0.25, 0.3) is 0 Å². The van der Waals surface area contributed by atoms with E-state index in [1.165, 1.54) is 12.1 Å². The number of benzene rings is 1. The first kappa shape index (κ1) is 16.9. The molecule has 0 radical (unpaired) electrons. The van der Waals surface area contributed by atoms with Crippen LogP contribution in [-0.2, 0) is 16.6 Å². The second-order valence-electron chi connectivity index (χ2n) is 5.72. The zero-order chi connectivity index (χ0) is 15.6. The molecule has 0 spiro atoms. The number of sulfonamides is 1. The Morgan fingerprint density at radius 1 is 1.43 bits per heavy atom. The average Bonchev–Trinajstić information content (AvgIpc) is 2.84. The lowest BCUT2D eigenvalue weighted by Gasteiger charge is -2.13. The van der Waals surface area contributed by atoms with E-state index in [9.17, 15) is 12.8 Å². The van der Waals surface area contributed by atoms with Crippen LogP contribution in [0.15, 0.2) is 21.5 Å². The molecule has 7 heteroatoms. The molecule has 1 aliphatic rings. The summed E-state index contributed by atoms with van der Waals surface area (Å²) in [5, 5.41) is 0. The number of nitrogens with one attached hydrogen (secondary N) is 1. The molecule has 0 aliphatic heterocycles. The molecule has 0 amide bonds. The quantitative estimate of drug-likeness (QED) is 0.827. The van der Waals surface area contributed by atoms with E-state index in [4.69, 9.17) is 5.73 Å². The van der Waals surface area contributed by atoms with Crippen LogP contribution in [0, 0.1) is 17.7 Å². The third kappa shape index (κ3) is 4.03. The van der Waals surface area contributed by atoms with Crippen molar-refractivity contribution in [1.82, 2.24) is 4.72 Å². The summed E-state index contributed by atoms with van der Waals surface area (Å²) in [6.45, 7) is 2.47. The lowest BCUT2D eigenvalue weighted by Crippen LogP contribution is -2.29. The summed E-state index contributed by atoms with van der Waals surface area (Å²) in [4.78, 5) is -0.344. The number of hydrogen-bond acceptors (Lipinski definition) is 3. The van der Waals surface area contributed by atoms with E-state index in [0.29, 0.717) is 22.9 Å². The molecule has 118 valence electrons. The van der Waals surface area contributed by atoms with E-state index >= 15 is 0 Å². The van der Waals surface area contributed by atoms with Crippen molar-refractivity contribution >= 4 is 26.0 Å². The molecule has 2 atom stereocenters. The van der Waals surface area contributed by atoms with Gasteiger partial charge in [-0.25, -0.2) is 17.5 Å². The van der Waals surface area contributed by atoms with Crippen molar-refractivity contribution in [2.75, 3.05) is 6.54 Å². The molecule has 1 fully saturated rings. The van der Waals surface area contributed by atoms with Crippen LogP contribution in [0.3, 0.4) is 0 Å². The number of hydrogen-bond donors (Lipinski definition) is 2. The van der Waals surface area contributed by atoms with Gasteiger partial charge in [-0.2, -0.15) is 0 Å². The number of rotatable bonds is 5. The van der Waals surface area contributed by atoms with E-state index in [0.717, 1.165) is 19.3 Å². The van der Waals surface area contributed by atoms with Gasteiger partial charge in [0, 0.05) is 23.1 Å². The molecular weight excluding hydrogens is 359 g/mol. The van der Waals surface area contributed by atoms with Crippen LogP contribution in [0.1, 0.15) is 31.7 Å². The molecule has 2 unspecified atom stereocenters. The molecule has 0 bridgehead atoms. The van der Waals surface area contributed by atoms with Crippen molar-refractivity contribution in [3.05, 3.63) is 28.0 Å². The minimum atomic E-state index is -3.86. The Labute approximate surface area is 133 Å². The molecule has 0 saturated heterocycles. The van der Waals surface area contributed by atoms with E-state index < -0.39 is 15.8 Å². The standard InChI is InChI=1S/C14H20BrFN2O2S/c1-9-2-3-10(4-9)8-18-21(19,20)13-6-12(15)5-11(7-17)14(13)16/h5-6,9-10,18H,2-4,7-8,17H2,1H3. The molecule has 1 aliphatic carbocycles. The van der Waals surface area contributed by atoms with Gasteiger partial charge in [-0.15, -0.1) is 0 Å². The van der Waals surface area contributed by atoms with Gasteiger partial charge in [-0.3, -0.25) is 0 Å². The highest BCUT2D eigenvalue weighted by Crippen LogP contribution is 2.30. The predicted molar refractivity (Wildman–Crippen MR) is 83.7 cm³/mol. The van der Waals surface area contributed by atoms with Gasteiger partial charge in [-0.1, -0.05) is 29.3 Å². The molecule has 3 N–H and O–H groups in total. The minimum Gasteiger partial charge on any atom is -0.326 e. The maximum absolute atomic E-state index is 14.2. The third-order valence-electron chi connectivity index (χ3n) is 3.95. The molecule has 0 aromatic heterocycles. The van der Waals surface area contributed by atoms with Crippen molar-refractivity contribution in [2.24, 2.45) is 17.6 Å². The highest BCUT2D eigenvalue weighted by Gasteiger charge is 2.26. The minimum absolute atomic E-state index is 0.0477. The van der Waals surface area contributed by atoms with Gasteiger partial charge in [0.25, 0.3) is 0 Å². The maximum Gasteiger partial charge on any atom is 0.243 e. The first-order valence-electron chi connectivity index (χ1n) is 7.01. The zero-order valence-corrected chi connectivity index (χ0v) is 14.3. The first-order valence-corrected chi connectivity index (χ1v) is 9.28. The van der Waals surface area contributed by atoms with Crippen LogP contribution in [-0.4, -0.2) is 15.0 Å². The summed E-state index contributed by atoms with van der Waals surface area (Å²) >= 11 is 3.19. The van der Waals surface area contributed by atoms with Gasteiger partial charge < -0.3 is 5.73 Å². The highest BCUT2D eigenvalue weighted by molar-refractivity contribution is 9.10. The summed E-state index contributed by atoms with van der Waals surface area (Å²) in [5.41, 5.74) is 5.62. The van der Waals surface area contributed by atoms with Crippen LogP contribution in [0.2, 0.25) is 0 Å². The van der Waals surface area contributed by atoms with E-state index in [2.05, 4.69) is 27.6 Å². The molecule has 2 rings (SSSR count). The summed E-state index contributed by atoms with van der Waals surface area (Å²) in [6.07, 6.45) is 3.14. The van der Waals surface area contributed by atoms with Crippen molar-refractivity contribution in [3.63, 3.8) is 0 Å². The lowest BCUT2D eigenvalue weighted by atomic mass is 10.1. The Morgan fingerprint density at radius 3 is 2.71 bits per heavy atom. The van der Waals surface area contributed by atoms with Crippen molar-refractivity contribution in [2.45, 2.75) is 37.6 Å². The van der Waals surface area contributed by atoms with Gasteiger partial charge in [-0.05, 0) is 36.8 Å². The summed E-state index contributed by atoms with van der Waals surface area (Å²) in [6, 6.07) is 2.76. The fourth-order valence-electron chi connectivity index (χ4n) is 2.78. The average molecular weight is 379 g/mol. The monoisotopic (exact) mass is 378 g/mol. The third-order valence-corrected chi connectivity index (χ3v) is 5.83. The highest BCUT2D eigenvalue weighted by atomic mass is 79.9. The van der Waals surface area contributed by atoms with E-state index in [-0.39, 0.29) is 17.0 Å². The Bertz CT molecular complexity index is 622. The maximum atomic E-state index is 14.2. The van der Waals surface area contributed by atoms with Crippen LogP contribution in [0.4, 0.5) is 4.39 Å². The molecule has 1 aromatic rings. The van der Waals surface area contributed by atoms with Gasteiger partial charge in [0.1, 0.15) is 10.7 Å². The normalized spacial score (nSPS) is 22.7. The molecular formula is C14H20BrFN2O2S. The van der Waals surface area contributed by atoms with Crippen molar-refractivity contribution < 1.29 is 12.8 Å². The Morgan fingerprint density at radius 2 is 2.14 bits per heavy atom. The SMILES string of the molecule is CC1CCC(CNS(=O)(=O)c2cc(Br)cc(CN)c2F)C1. The second-order valence-corrected chi connectivity index (χ2v) is 8.37. The lowest BCUT2D eigenvalue weighted by molar-refractivity contribution is 0.495. The van der Waals surface area contributed by atoms with Crippen LogP contribution < -0.4 is 10.5 Å². The Hall–Kier alpha value is -0.500. The van der Waals surface area contributed by atoms with Crippen molar-refractivity contribution in [3.8, 4) is 0 Å². The van der Waals surface area contributed by atoms with Gasteiger partial charge in [0.2, 0.25) is 10.0 Å². The van der Waals surface area contributed by atoms with Gasteiger partial charge >= 0.3 is 0 Å². The Kier molecular flexibility index (Phi) is 5.40. The van der Waals surface area contributed by atoms with Gasteiger partial charge in [0.15, 0.2) is 0 Å². The molecule has 1 aromatic carbocycles. The number of halogens is 2. The summed E-state index contributed by atoms with van der Waals surface area (Å²) < 4.78 is 41.8. The number of nitrogens with two attached hydrogens (primary N) is 1. The fourth-order valence-corrected chi connectivity index (χ4v) is 4.69. The van der Waals surface area contributed by atoms with E-state index in [1.807, 2.05) is 0 Å². The topological polar surface area (TPSA) is 72.2 Å².